The smallest absolute Gasteiger partial charge is 0.147 e. The van der Waals surface area contributed by atoms with Gasteiger partial charge in [0.1, 0.15) is 11.6 Å². The maximum atomic E-state index is 4.74. The zero-order chi connectivity index (χ0) is 16.6. The Labute approximate surface area is 142 Å². The molecule has 0 spiro atoms. The molecule has 0 radical (unpaired) electrons. The predicted molar refractivity (Wildman–Crippen MR) is 93.8 cm³/mol. The van der Waals surface area contributed by atoms with Gasteiger partial charge in [0, 0.05) is 29.8 Å². The molecule has 3 heterocycles. The van der Waals surface area contributed by atoms with Crippen molar-refractivity contribution in [3.63, 3.8) is 0 Å². The van der Waals surface area contributed by atoms with E-state index in [4.69, 9.17) is 4.98 Å². The summed E-state index contributed by atoms with van der Waals surface area (Å²) in [4.78, 5) is 8.47. The highest BCUT2D eigenvalue weighted by molar-refractivity contribution is 7.11. The summed E-state index contributed by atoms with van der Waals surface area (Å²) in [6, 6.07) is 0.344. The Bertz CT molecular complexity index is 673. The lowest BCUT2D eigenvalue weighted by atomic mass is 10.1. The molecule has 1 aliphatic heterocycles. The molecule has 126 valence electrons. The molecule has 5 nitrogen and oxygen atoms in total. The van der Waals surface area contributed by atoms with E-state index in [2.05, 4.69) is 54.4 Å². The Morgan fingerprint density at radius 1 is 1.22 bits per heavy atom. The van der Waals surface area contributed by atoms with E-state index in [0.717, 1.165) is 31.2 Å². The van der Waals surface area contributed by atoms with Crippen molar-refractivity contribution < 1.29 is 0 Å². The van der Waals surface area contributed by atoms with E-state index in [1.54, 1.807) is 0 Å². The second-order valence-corrected chi connectivity index (χ2v) is 7.95. The molecule has 1 aliphatic rings. The number of thiazole rings is 1. The summed E-state index contributed by atoms with van der Waals surface area (Å²) >= 11 is 1.85. The molecule has 0 saturated carbocycles. The minimum Gasteiger partial charge on any atom is -0.314 e. The molecule has 2 aromatic rings. The van der Waals surface area contributed by atoms with Gasteiger partial charge in [0.15, 0.2) is 0 Å². The maximum absolute atomic E-state index is 4.74. The minimum atomic E-state index is 0.344. The first kappa shape index (κ1) is 16.6. The van der Waals surface area contributed by atoms with Crippen LogP contribution in [0.3, 0.4) is 0 Å². The summed E-state index contributed by atoms with van der Waals surface area (Å²) in [5.41, 5.74) is 1.17. The molecule has 0 amide bonds. The van der Waals surface area contributed by atoms with E-state index < -0.39 is 0 Å². The summed E-state index contributed by atoms with van der Waals surface area (Å²) in [7, 11) is 2.17. The van der Waals surface area contributed by atoms with E-state index in [9.17, 15) is 0 Å². The van der Waals surface area contributed by atoms with Crippen LogP contribution in [0.25, 0.3) is 0 Å². The molecule has 0 N–H and O–H groups in total. The SMILES string of the molecule is Cc1nc(C(C)C)sc1[C@H](C)N(C)Cc1nnc2n1CCCC2. The van der Waals surface area contributed by atoms with Gasteiger partial charge >= 0.3 is 0 Å². The zero-order valence-corrected chi connectivity index (χ0v) is 15.7. The van der Waals surface area contributed by atoms with Crippen molar-refractivity contribution in [2.45, 2.75) is 72.0 Å². The number of aryl methyl sites for hydroxylation is 2. The standard InChI is InChI=1S/C17H27N5S/c1-11(2)17-18-12(3)16(23-17)13(4)21(5)10-15-20-19-14-8-6-7-9-22(14)15/h11,13H,6-10H2,1-5H3/t13-/m0/s1. The molecule has 0 aromatic carbocycles. The fourth-order valence-electron chi connectivity index (χ4n) is 3.11. The lowest BCUT2D eigenvalue weighted by Crippen LogP contribution is -2.25. The largest absolute Gasteiger partial charge is 0.314 e. The Morgan fingerprint density at radius 2 is 2.00 bits per heavy atom. The van der Waals surface area contributed by atoms with Gasteiger partial charge in [-0.3, -0.25) is 4.90 Å². The second-order valence-electron chi connectivity index (χ2n) is 6.89. The number of aromatic nitrogens is 4. The Balaban J connectivity index is 1.75. The lowest BCUT2D eigenvalue weighted by molar-refractivity contribution is 0.244. The normalized spacial score (nSPS) is 16.1. The van der Waals surface area contributed by atoms with Gasteiger partial charge in [0.2, 0.25) is 0 Å². The van der Waals surface area contributed by atoms with Gasteiger partial charge in [-0.2, -0.15) is 0 Å². The second kappa shape index (κ2) is 6.69. The van der Waals surface area contributed by atoms with Crippen molar-refractivity contribution in [3.8, 4) is 0 Å². The van der Waals surface area contributed by atoms with Gasteiger partial charge in [-0.1, -0.05) is 13.8 Å². The molecule has 6 heteroatoms. The van der Waals surface area contributed by atoms with Gasteiger partial charge in [0.05, 0.1) is 17.2 Å². The topological polar surface area (TPSA) is 46.8 Å². The number of nitrogens with zero attached hydrogens (tertiary/aromatic N) is 5. The summed E-state index contributed by atoms with van der Waals surface area (Å²) in [6.45, 7) is 10.7. The van der Waals surface area contributed by atoms with Crippen molar-refractivity contribution in [2.24, 2.45) is 0 Å². The molecular formula is C17H27N5S. The van der Waals surface area contributed by atoms with E-state index in [1.807, 2.05) is 11.3 Å². The monoisotopic (exact) mass is 333 g/mol. The number of hydrogen-bond acceptors (Lipinski definition) is 5. The highest BCUT2D eigenvalue weighted by Gasteiger charge is 2.22. The van der Waals surface area contributed by atoms with Crippen LogP contribution in [-0.4, -0.2) is 31.7 Å². The summed E-state index contributed by atoms with van der Waals surface area (Å²) < 4.78 is 2.31. The van der Waals surface area contributed by atoms with Crippen LogP contribution in [0.15, 0.2) is 0 Å². The molecule has 0 saturated heterocycles. The first-order valence-corrected chi connectivity index (χ1v) is 9.37. The predicted octanol–water partition coefficient (Wildman–Crippen LogP) is 3.70. The lowest BCUT2D eigenvalue weighted by Gasteiger charge is -2.24. The summed E-state index contributed by atoms with van der Waals surface area (Å²) in [5.74, 6) is 2.75. The van der Waals surface area contributed by atoms with Crippen molar-refractivity contribution in [1.29, 1.82) is 0 Å². The van der Waals surface area contributed by atoms with Crippen molar-refractivity contribution in [1.82, 2.24) is 24.6 Å². The van der Waals surface area contributed by atoms with Crippen LogP contribution in [0, 0.1) is 6.92 Å². The molecule has 0 fully saturated rings. The maximum Gasteiger partial charge on any atom is 0.147 e. The van der Waals surface area contributed by atoms with Crippen LogP contribution in [0.1, 0.15) is 72.8 Å². The number of hydrogen-bond donors (Lipinski definition) is 0. The molecule has 2 aromatic heterocycles. The van der Waals surface area contributed by atoms with Crippen LogP contribution in [0.5, 0.6) is 0 Å². The Morgan fingerprint density at radius 3 is 2.70 bits per heavy atom. The van der Waals surface area contributed by atoms with Gasteiger partial charge in [0.25, 0.3) is 0 Å². The molecular weight excluding hydrogens is 306 g/mol. The summed E-state index contributed by atoms with van der Waals surface area (Å²) in [6.07, 6.45) is 3.55. The third-order valence-electron chi connectivity index (χ3n) is 4.71. The van der Waals surface area contributed by atoms with Crippen LogP contribution in [0.2, 0.25) is 0 Å². The fraction of sp³-hybridized carbons (Fsp3) is 0.706. The highest BCUT2D eigenvalue weighted by Crippen LogP contribution is 2.32. The van der Waals surface area contributed by atoms with E-state index in [1.165, 1.54) is 28.4 Å². The van der Waals surface area contributed by atoms with E-state index >= 15 is 0 Å². The molecule has 0 aliphatic carbocycles. The van der Waals surface area contributed by atoms with Crippen molar-refractivity contribution >= 4 is 11.3 Å². The van der Waals surface area contributed by atoms with E-state index in [-0.39, 0.29) is 0 Å². The van der Waals surface area contributed by atoms with E-state index in [0.29, 0.717) is 12.0 Å². The third-order valence-corrected chi connectivity index (χ3v) is 6.34. The summed E-state index contributed by atoms with van der Waals surface area (Å²) in [5, 5.41) is 10.0. The fourth-order valence-corrected chi connectivity index (χ4v) is 4.30. The van der Waals surface area contributed by atoms with Gasteiger partial charge in [-0.15, -0.1) is 21.5 Å². The molecule has 1 atom stereocenters. The van der Waals surface area contributed by atoms with Crippen molar-refractivity contribution in [2.75, 3.05) is 7.05 Å². The molecule has 3 rings (SSSR count). The molecule has 0 bridgehead atoms. The zero-order valence-electron chi connectivity index (χ0n) is 14.8. The quantitative estimate of drug-likeness (QED) is 0.837. The molecule has 0 unspecified atom stereocenters. The number of rotatable bonds is 5. The number of fused-ring (bicyclic) bond motifs is 1. The highest BCUT2D eigenvalue weighted by atomic mass is 32.1. The van der Waals surface area contributed by atoms with Crippen LogP contribution >= 0.6 is 11.3 Å². The van der Waals surface area contributed by atoms with Gasteiger partial charge in [-0.25, -0.2) is 4.98 Å². The van der Waals surface area contributed by atoms with Gasteiger partial charge in [-0.05, 0) is 33.7 Å². The average molecular weight is 334 g/mol. The Kier molecular flexibility index (Phi) is 4.82. The van der Waals surface area contributed by atoms with Crippen molar-refractivity contribution in [3.05, 3.63) is 27.2 Å². The average Bonchev–Trinajstić information content (AvgIpc) is 3.11. The Hall–Kier alpha value is -1.27. The van der Waals surface area contributed by atoms with Crippen LogP contribution < -0.4 is 0 Å². The first-order valence-electron chi connectivity index (χ1n) is 8.55. The first-order chi connectivity index (χ1) is 11.0. The van der Waals surface area contributed by atoms with Crippen LogP contribution in [-0.2, 0) is 19.5 Å². The molecule has 23 heavy (non-hydrogen) atoms. The third kappa shape index (κ3) is 3.33. The van der Waals surface area contributed by atoms with Crippen LogP contribution in [0.4, 0.5) is 0 Å². The minimum absolute atomic E-state index is 0.344. The van der Waals surface area contributed by atoms with Gasteiger partial charge < -0.3 is 4.57 Å².